The summed E-state index contributed by atoms with van der Waals surface area (Å²) >= 11 is 0. The number of rotatable bonds is 4. The zero-order chi connectivity index (χ0) is 9.78. The van der Waals surface area contributed by atoms with Gasteiger partial charge in [0.1, 0.15) is 6.04 Å². The summed E-state index contributed by atoms with van der Waals surface area (Å²) < 4.78 is 29.3. The van der Waals surface area contributed by atoms with E-state index in [4.69, 9.17) is 5.73 Å². The molecule has 12 heavy (non-hydrogen) atoms. The van der Waals surface area contributed by atoms with Gasteiger partial charge in [-0.25, -0.2) is 0 Å². The molecular formula is C5H11NO5S. The van der Waals surface area contributed by atoms with Gasteiger partial charge in [0, 0.05) is 0 Å². The molecule has 0 amide bonds. The summed E-state index contributed by atoms with van der Waals surface area (Å²) in [6.07, 6.45) is 0.872. The molecule has 0 heterocycles. The van der Waals surface area contributed by atoms with E-state index in [1.165, 1.54) is 0 Å². The minimum Gasteiger partial charge on any atom is -0.468 e. The Morgan fingerprint density at radius 2 is 2.08 bits per heavy atom. The SMILES string of the molecule is COC(=O)[C@@H](N)COS(C)(=O)=O. The fraction of sp³-hybridized carbons (Fsp3) is 0.800. The topological polar surface area (TPSA) is 95.7 Å². The van der Waals surface area contributed by atoms with Crippen LogP contribution in [0.15, 0.2) is 0 Å². The van der Waals surface area contributed by atoms with Crippen molar-refractivity contribution in [1.29, 1.82) is 0 Å². The second-order valence-corrected chi connectivity index (χ2v) is 3.76. The summed E-state index contributed by atoms with van der Waals surface area (Å²) in [6, 6.07) is -1.07. The van der Waals surface area contributed by atoms with Crippen LogP contribution in [0.5, 0.6) is 0 Å². The van der Waals surface area contributed by atoms with Crippen LogP contribution in [0.25, 0.3) is 0 Å². The van der Waals surface area contributed by atoms with Crippen LogP contribution in [0, 0.1) is 0 Å². The van der Waals surface area contributed by atoms with Crippen LogP contribution in [-0.2, 0) is 23.8 Å². The maximum Gasteiger partial charge on any atom is 0.325 e. The summed E-state index contributed by atoms with van der Waals surface area (Å²) in [5, 5.41) is 0. The van der Waals surface area contributed by atoms with Crippen LogP contribution in [0.4, 0.5) is 0 Å². The highest BCUT2D eigenvalue weighted by atomic mass is 32.2. The number of carbonyl (C=O) groups is 1. The van der Waals surface area contributed by atoms with Crippen molar-refractivity contribution in [2.24, 2.45) is 5.73 Å². The van der Waals surface area contributed by atoms with Gasteiger partial charge in [-0.3, -0.25) is 8.98 Å². The van der Waals surface area contributed by atoms with E-state index in [1.54, 1.807) is 0 Å². The van der Waals surface area contributed by atoms with Gasteiger partial charge in [0.25, 0.3) is 10.1 Å². The highest BCUT2D eigenvalue weighted by Crippen LogP contribution is 1.90. The molecule has 0 spiro atoms. The van der Waals surface area contributed by atoms with Crippen molar-refractivity contribution in [3.05, 3.63) is 0 Å². The first-order chi connectivity index (χ1) is 5.37. The molecule has 0 rings (SSSR count). The van der Waals surface area contributed by atoms with E-state index in [1.807, 2.05) is 0 Å². The Balaban J connectivity index is 3.88. The molecule has 0 saturated carbocycles. The number of carbonyl (C=O) groups excluding carboxylic acids is 1. The lowest BCUT2D eigenvalue weighted by Gasteiger charge is -2.07. The maximum absolute atomic E-state index is 10.6. The number of methoxy groups -OCH3 is 1. The van der Waals surface area contributed by atoms with E-state index >= 15 is 0 Å². The van der Waals surface area contributed by atoms with Crippen molar-refractivity contribution >= 4 is 16.1 Å². The molecule has 72 valence electrons. The smallest absolute Gasteiger partial charge is 0.325 e. The molecule has 0 unspecified atom stereocenters. The highest BCUT2D eigenvalue weighted by molar-refractivity contribution is 7.85. The average molecular weight is 197 g/mol. The van der Waals surface area contributed by atoms with Gasteiger partial charge in [0.15, 0.2) is 0 Å². The third-order valence-corrected chi connectivity index (χ3v) is 1.53. The Bertz CT molecular complexity index is 247. The summed E-state index contributed by atoms with van der Waals surface area (Å²) in [5.41, 5.74) is 5.17. The predicted octanol–water partition coefficient (Wildman–Crippen LogP) is -1.54. The van der Waals surface area contributed by atoms with Gasteiger partial charge in [-0.15, -0.1) is 0 Å². The van der Waals surface area contributed by atoms with Crippen LogP contribution in [0.1, 0.15) is 0 Å². The van der Waals surface area contributed by atoms with Crippen molar-refractivity contribution < 1.29 is 22.1 Å². The standard InChI is InChI=1S/C5H11NO5S/c1-10-5(7)4(6)3-11-12(2,8)9/h4H,3,6H2,1-2H3/t4-/m0/s1. The lowest BCUT2D eigenvalue weighted by Crippen LogP contribution is -2.36. The Kier molecular flexibility index (Phi) is 4.15. The first kappa shape index (κ1) is 11.3. The van der Waals surface area contributed by atoms with Crippen molar-refractivity contribution in [3.8, 4) is 0 Å². The van der Waals surface area contributed by atoms with Crippen molar-refractivity contribution in [1.82, 2.24) is 0 Å². The van der Waals surface area contributed by atoms with Crippen molar-refractivity contribution in [2.45, 2.75) is 6.04 Å². The number of nitrogens with two attached hydrogens (primary N) is 1. The third-order valence-electron chi connectivity index (χ3n) is 0.966. The predicted molar refractivity (Wildman–Crippen MR) is 40.8 cm³/mol. The van der Waals surface area contributed by atoms with Gasteiger partial charge >= 0.3 is 5.97 Å². The van der Waals surface area contributed by atoms with E-state index < -0.39 is 28.7 Å². The molecule has 0 aromatic rings. The van der Waals surface area contributed by atoms with E-state index in [0.717, 1.165) is 13.4 Å². The first-order valence-corrected chi connectivity index (χ1v) is 4.86. The van der Waals surface area contributed by atoms with Crippen LogP contribution >= 0.6 is 0 Å². The summed E-state index contributed by atoms with van der Waals surface area (Å²) in [5.74, 6) is -0.710. The summed E-state index contributed by atoms with van der Waals surface area (Å²) in [7, 11) is -2.39. The molecular weight excluding hydrogens is 186 g/mol. The quantitative estimate of drug-likeness (QED) is 0.433. The Labute approximate surface area is 70.8 Å². The molecule has 0 aliphatic carbocycles. The largest absolute Gasteiger partial charge is 0.468 e. The highest BCUT2D eigenvalue weighted by Gasteiger charge is 2.16. The zero-order valence-corrected chi connectivity index (χ0v) is 7.63. The Morgan fingerprint density at radius 3 is 2.42 bits per heavy atom. The normalized spacial score (nSPS) is 13.9. The molecule has 7 heteroatoms. The summed E-state index contributed by atoms with van der Waals surface area (Å²) in [6.45, 7) is -0.397. The number of hydrogen-bond donors (Lipinski definition) is 1. The van der Waals surface area contributed by atoms with E-state index in [9.17, 15) is 13.2 Å². The third kappa shape index (κ3) is 5.05. The molecule has 2 N–H and O–H groups in total. The molecule has 6 nitrogen and oxygen atoms in total. The lowest BCUT2D eigenvalue weighted by molar-refractivity contribution is -0.142. The number of ether oxygens (including phenoxy) is 1. The molecule has 0 saturated heterocycles. The Morgan fingerprint density at radius 1 is 1.58 bits per heavy atom. The zero-order valence-electron chi connectivity index (χ0n) is 6.81. The second-order valence-electron chi connectivity index (χ2n) is 2.12. The minimum atomic E-state index is -3.55. The number of hydrogen-bond acceptors (Lipinski definition) is 6. The van der Waals surface area contributed by atoms with E-state index in [-0.39, 0.29) is 0 Å². The van der Waals surface area contributed by atoms with E-state index in [2.05, 4.69) is 8.92 Å². The van der Waals surface area contributed by atoms with Gasteiger partial charge in [0.2, 0.25) is 0 Å². The van der Waals surface area contributed by atoms with Crippen LogP contribution in [0.3, 0.4) is 0 Å². The maximum atomic E-state index is 10.6. The van der Waals surface area contributed by atoms with Crippen LogP contribution in [0.2, 0.25) is 0 Å². The molecule has 0 aromatic heterocycles. The van der Waals surface area contributed by atoms with Gasteiger partial charge in [0.05, 0.1) is 20.0 Å². The molecule has 0 radical (unpaired) electrons. The van der Waals surface area contributed by atoms with Crippen LogP contribution < -0.4 is 5.73 Å². The van der Waals surface area contributed by atoms with Crippen LogP contribution in [-0.4, -0.2) is 40.4 Å². The molecule has 0 aliphatic rings. The molecule has 0 aliphatic heterocycles. The van der Waals surface area contributed by atoms with Gasteiger partial charge in [-0.1, -0.05) is 0 Å². The van der Waals surface area contributed by atoms with Gasteiger partial charge < -0.3 is 10.5 Å². The van der Waals surface area contributed by atoms with E-state index in [0.29, 0.717) is 0 Å². The summed E-state index contributed by atoms with van der Waals surface area (Å²) in [4.78, 5) is 10.6. The minimum absolute atomic E-state index is 0.397. The monoisotopic (exact) mass is 197 g/mol. The molecule has 0 fully saturated rings. The van der Waals surface area contributed by atoms with Crippen molar-refractivity contribution in [3.63, 3.8) is 0 Å². The van der Waals surface area contributed by atoms with Gasteiger partial charge in [-0.2, -0.15) is 8.42 Å². The number of esters is 1. The Hall–Kier alpha value is -0.660. The molecule has 0 aromatic carbocycles. The first-order valence-electron chi connectivity index (χ1n) is 3.04. The van der Waals surface area contributed by atoms with Gasteiger partial charge in [-0.05, 0) is 0 Å². The molecule has 1 atom stereocenters. The fourth-order valence-electron chi connectivity index (χ4n) is 0.416. The van der Waals surface area contributed by atoms with Crippen molar-refractivity contribution in [2.75, 3.05) is 20.0 Å². The average Bonchev–Trinajstić information content (AvgIpc) is 1.97. The second kappa shape index (κ2) is 4.39. The fourth-order valence-corrected chi connectivity index (χ4v) is 0.810. The lowest BCUT2D eigenvalue weighted by atomic mass is 10.3. The molecule has 0 bridgehead atoms.